The predicted molar refractivity (Wildman–Crippen MR) is 76.7 cm³/mol. The average molecular weight is 288 g/mol. The van der Waals surface area contributed by atoms with Crippen LogP contribution in [-0.4, -0.2) is 39.4 Å². The Labute approximate surface area is 113 Å². The van der Waals surface area contributed by atoms with Gasteiger partial charge in [0.1, 0.15) is 5.75 Å². The molecule has 0 saturated heterocycles. The first kappa shape index (κ1) is 15.1. The van der Waals surface area contributed by atoms with Crippen molar-refractivity contribution in [1.82, 2.24) is 4.78 Å². The van der Waals surface area contributed by atoms with Gasteiger partial charge in [-0.1, -0.05) is 0 Å². The second kappa shape index (κ2) is 6.85. The standard InChI is InChI=1S/C11H17N2O3PS/c1-13(17(18,15-3)16-4)12-9-10-5-7-11(14-2)8-6-10/h5-9H,1-4H3/b12-9+. The van der Waals surface area contributed by atoms with E-state index in [9.17, 15) is 0 Å². The minimum atomic E-state index is -2.48. The number of benzene rings is 1. The molecular formula is C11H17N2O3PS. The number of methoxy groups -OCH3 is 1. The van der Waals surface area contributed by atoms with Crippen molar-refractivity contribution in [3.05, 3.63) is 29.8 Å². The average Bonchev–Trinajstić information content (AvgIpc) is 2.44. The summed E-state index contributed by atoms with van der Waals surface area (Å²) < 4.78 is 17.0. The number of rotatable bonds is 6. The highest BCUT2D eigenvalue weighted by molar-refractivity contribution is 8.08. The Morgan fingerprint density at radius 2 is 1.72 bits per heavy atom. The minimum Gasteiger partial charge on any atom is -0.497 e. The van der Waals surface area contributed by atoms with Crippen molar-refractivity contribution in [3.63, 3.8) is 0 Å². The first-order chi connectivity index (χ1) is 8.55. The van der Waals surface area contributed by atoms with Crippen LogP contribution in [0, 0.1) is 0 Å². The molecule has 1 rings (SSSR count). The summed E-state index contributed by atoms with van der Waals surface area (Å²) in [7, 11) is 6.39. The van der Waals surface area contributed by atoms with Crippen molar-refractivity contribution in [2.75, 3.05) is 28.4 Å². The van der Waals surface area contributed by atoms with Crippen LogP contribution in [-0.2, 0) is 20.9 Å². The third kappa shape index (κ3) is 3.78. The quantitative estimate of drug-likeness (QED) is 0.457. The summed E-state index contributed by atoms with van der Waals surface area (Å²) in [4.78, 5) is 0. The highest BCUT2D eigenvalue weighted by atomic mass is 32.5. The Balaban J connectivity index is 2.76. The molecule has 0 aromatic heterocycles. The van der Waals surface area contributed by atoms with Gasteiger partial charge in [0.15, 0.2) is 0 Å². The van der Waals surface area contributed by atoms with E-state index in [-0.39, 0.29) is 0 Å². The molecule has 7 heteroatoms. The van der Waals surface area contributed by atoms with Gasteiger partial charge in [0, 0.05) is 21.3 Å². The summed E-state index contributed by atoms with van der Waals surface area (Å²) in [6.45, 7) is -2.48. The Morgan fingerprint density at radius 1 is 1.17 bits per heavy atom. The number of hydrogen-bond donors (Lipinski definition) is 0. The van der Waals surface area contributed by atoms with Gasteiger partial charge in [0.2, 0.25) is 0 Å². The summed E-state index contributed by atoms with van der Waals surface area (Å²) in [5, 5.41) is 4.23. The van der Waals surface area contributed by atoms with E-state index in [1.165, 1.54) is 19.0 Å². The molecule has 0 aliphatic heterocycles. The Kier molecular flexibility index (Phi) is 5.75. The molecule has 5 nitrogen and oxygen atoms in total. The molecule has 18 heavy (non-hydrogen) atoms. The van der Waals surface area contributed by atoms with Crippen LogP contribution in [0.1, 0.15) is 5.56 Å². The molecule has 0 aliphatic rings. The second-order valence-corrected chi connectivity index (χ2v) is 6.97. The molecule has 0 unspecified atom stereocenters. The second-order valence-electron chi connectivity index (χ2n) is 3.34. The lowest BCUT2D eigenvalue weighted by Gasteiger charge is -2.24. The van der Waals surface area contributed by atoms with E-state index in [0.717, 1.165) is 11.3 Å². The van der Waals surface area contributed by atoms with Crippen LogP contribution in [0.25, 0.3) is 0 Å². The zero-order valence-electron chi connectivity index (χ0n) is 10.9. The van der Waals surface area contributed by atoms with Gasteiger partial charge in [-0.2, -0.15) is 5.10 Å². The number of hydrogen-bond acceptors (Lipinski definition) is 5. The highest BCUT2D eigenvalue weighted by Crippen LogP contribution is 2.49. The molecule has 0 radical (unpaired) electrons. The van der Waals surface area contributed by atoms with Crippen molar-refractivity contribution in [1.29, 1.82) is 0 Å². The molecule has 0 heterocycles. The molecule has 0 spiro atoms. The van der Waals surface area contributed by atoms with Crippen LogP contribution in [0.2, 0.25) is 0 Å². The lowest BCUT2D eigenvalue weighted by atomic mass is 10.2. The van der Waals surface area contributed by atoms with E-state index in [4.69, 9.17) is 25.6 Å². The van der Waals surface area contributed by atoms with Gasteiger partial charge in [-0.25, -0.2) is 4.78 Å². The molecule has 0 bridgehead atoms. The van der Waals surface area contributed by atoms with Crippen LogP contribution in [0.4, 0.5) is 0 Å². The summed E-state index contributed by atoms with van der Waals surface area (Å²) in [5.74, 6) is 0.805. The Hall–Kier alpha value is -0.940. The first-order valence-corrected chi connectivity index (χ1v) is 7.78. The zero-order valence-corrected chi connectivity index (χ0v) is 12.6. The van der Waals surface area contributed by atoms with Crippen molar-refractivity contribution in [2.45, 2.75) is 0 Å². The summed E-state index contributed by atoms with van der Waals surface area (Å²) in [5.41, 5.74) is 0.941. The smallest absolute Gasteiger partial charge is 0.305 e. The summed E-state index contributed by atoms with van der Waals surface area (Å²) in [6.07, 6.45) is 1.69. The topological polar surface area (TPSA) is 43.3 Å². The fourth-order valence-corrected chi connectivity index (χ4v) is 2.14. The lowest BCUT2D eigenvalue weighted by Crippen LogP contribution is -2.10. The first-order valence-electron chi connectivity index (χ1n) is 5.19. The molecule has 0 saturated carbocycles. The summed E-state index contributed by atoms with van der Waals surface area (Å²) >= 11 is 5.24. The molecule has 100 valence electrons. The van der Waals surface area contributed by atoms with Crippen molar-refractivity contribution < 1.29 is 13.8 Å². The van der Waals surface area contributed by atoms with E-state index < -0.39 is 6.64 Å². The molecule has 1 aromatic rings. The molecule has 0 fully saturated rings. The number of ether oxygens (including phenoxy) is 1. The maximum Gasteiger partial charge on any atom is 0.305 e. The molecular weight excluding hydrogens is 271 g/mol. The monoisotopic (exact) mass is 288 g/mol. The SMILES string of the molecule is COc1ccc(/C=N/N(C)P(=S)(OC)OC)cc1. The van der Waals surface area contributed by atoms with Crippen molar-refractivity contribution >= 4 is 24.7 Å². The van der Waals surface area contributed by atoms with E-state index in [1.54, 1.807) is 20.4 Å². The lowest BCUT2D eigenvalue weighted by molar-refractivity contribution is 0.284. The zero-order chi connectivity index (χ0) is 13.6. The fourth-order valence-electron chi connectivity index (χ4n) is 1.21. The van der Waals surface area contributed by atoms with Gasteiger partial charge in [0.05, 0.1) is 13.3 Å². The summed E-state index contributed by atoms with van der Waals surface area (Å²) in [6, 6.07) is 7.53. The van der Waals surface area contributed by atoms with Gasteiger partial charge in [-0.3, -0.25) is 0 Å². The maximum absolute atomic E-state index is 5.24. The van der Waals surface area contributed by atoms with E-state index in [2.05, 4.69) is 5.10 Å². The van der Waals surface area contributed by atoms with Crippen LogP contribution < -0.4 is 4.74 Å². The maximum atomic E-state index is 5.24. The normalized spacial score (nSPS) is 11.8. The largest absolute Gasteiger partial charge is 0.497 e. The van der Waals surface area contributed by atoms with Gasteiger partial charge in [-0.15, -0.1) is 0 Å². The Bertz CT molecular complexity index is 442. The van der Waals surface area contributed by atoms with Crippen molar-refractivity contribution in [3.8, 4) is 5.75 Å². The van der Waals surface area contributed by atoms with E-state index in [0.29, 0.717) is 0 Å². The van der Waals surface area contributed by atoms with Crippen LogP contribution in [0.3, 0.4) is 0 Å². The third-order valence-corrected chi connectivity index (χ3v) is 5.64. The van der Waals surface area contributed by atoms with Gasteiger partial charge >= 0.3 is 6.64 Å². The minimum absolute atomic E-state index is 0.805. The molecule has 0 aliphatic carbocycles. The van der Waals surface area contributed by atoms with Crippen LogP contribution in [0.5, 0.6) is 5.75 Å². The molecule has 0 atom stereocenters. The van der Waals surface area contributed by atoms with Gasteiger partial charge < -0.3 is 13.8 Å². The van der Waals surface area contributed by atoms with Crippen LogP contribution >= 0.6 is 6.64 Å². The highest BCUT2D eigenvalue weighted by Gasteiger charge is 2.20. The fraction of sp³-hybridized carbons (Fsp3) is 0.364. The molecule has 0 N–H and O–H groups in total. The number of hydrazone groups is 1. The number of nitrogens with zero attached hydrogens (tertiary/aromatic N) is 2. The molecule has 1 aromatic carbocycles. The van der Waals surface area contributed by atoms with E-state index >= 15 is 0 Å². The predicted octanol–water partition coefficient (Wildman–Crippen LogP) is 2.48. The van der Waals surface area contributed by atoms with Crippen LogP contribution in [0.15, 0.2) is 29.4 Å². The van der Waals surface area contributed by atoms with E-state index in [1.807, 2.05) is 24.3 Å². The Morgan fingerprint density at radius 3 is 2.17 bits per heavy atom. The third-order valence-electron chi connectivity index (χ3n) is 2.31. The van der Waals surface area contributed by atoms with Gasteiger partial charge in [-0.05, 0) is 41.6 Å². The van der Waals surface area contributed by atoms with Gasteiger partial charge in [0.25, 0.3) is 0 Å². The molecule has 0 amide bonds. The van der Waals surface area contributed by atoms with Crippen molar-refractivity contribution in [2.24, 2.45) is 5.10 Å².